The van der Waals surface area contributed by atoms with Crippen molar-refractivity contribution in [2.45, 2.75) is 13.1 Å². The van der Waals surface area contributed by atoms with Crippen molar-refractivity contribution in [2.75, 3.05) is 25.7 Å². The summed E-state index contributed by atoms with van der Waals surface area (Å²) in [6.07, 6.45) is 4.19. The van der Waals surface area contributed by atoms with E-state index in [2.05, 4.69) is 71.4 Å². The van der Waals surface area contributed by atoms with E-state index in [1.54, 1.807) is 32.4 Å². The summed E-state index contributed by atoms with van der Waals surface area (Å²) in [5.41, 5.74) is 21.1. The minimum Gasteiger partial charge on any atom is -0.497 e. The second-order valence-electron chi connectivity index (χ2n) is 13.3. The van der Waals surface area contributed by atoms with Crippen molar-refractivity contribution in [1.29, 1.82) is 0 Å². The SMILES string of the molecule is Nc1cccc(B(O)O)c1.[C-]#[N+]c1ccc2c(c1)c(-c1cccc(N)c1)cn2Cc1ccc(OC)cc1.[C-]#[N+]c1ccc2c(c1)c(Br)cn2Cc1ccc(OC)cc1. The Labute approximate surface area is 346 Å². The number of aromatic nitrogens is 2. The summed E-state index contributed by atoms with van der Waals surface area (Å²) in [5.74, 6) is 1.71. The molecular weight excluding hydrogens is 791 g/mol. The number of anilines is 2. The van der Waals surface area contributed by atoms with Crippen LogP contribution in [0.25, 0.3) is 42.6 Å². The molecule has 6 N–H and O–H groups in total. The fraction of sp³-hybridized carbons (Fsp3) is 0.0870. The smallest absolute Gasteiger partial charge is 0.488 e. The first kappa shape index (κ1) is 40.7. The maximum atomic E-state index is 8.65. The first-order valence-corrected chi connectivity index (χ1v) is 18.9. The summed E-state index contributed by atoms with van der Waals surface area (Å²) >= 11 is 3.57. The standard InChI is InChI=1S/C23H19N3O.C17H13BrN2O.C6H8BNO2/c1-25-19-8-11-23-21(13-19)22(17-4-3-5-18(24)12-17)15-26(23)14-16-6-9-20(27-2)10-7-16;1-19-13-5-8-17-15(9-13)16(18)11-20(17)10-12-3-6-14(21-2)7-4-12;8-6-3-1-2-5(4-6)7(9)10/h3-13,15H,14,24H2,2H3;3-9,11H,10H2,2H3;1-4,9-10H,8H2. The maximum Gasteiger partial charge on any atom is 0.488 e. The minimum atomic E-state index is -1.43. The lowest BCUT2D eigenvalue weighted by Crippen LogP contribution is -2.29. The van der Waals surface area contributed by atoms with Crippen molar-refractivity contribution in [3.05, 3.63) is 184 Å². The van der Waals surface area contributed by atoms with E-state index in [0.29, 0.717) is 22.5 Å². The molecule has 2 heterocycles. The van der Waals surface area contributed by atoms with E-state index in [1.165, 1.54) is 17.2 Å². The molecule has 58 heavy (non-hydrogen) atoms. The van der Waals surface area contributed by atoms with Crippen LogP contribution in [-0.2, 0) is 13.1 Å². The first-order chi connectivity index (χ1) is 28.1. The van der Waals surface area contributed by atoms with Crippen LogP contribution >= 0.6 is 15.9 Å². The van der Waals surface area contributed by atoms with Crippen LogP contribution in [0.5, 0.6) is 11.5 Å². The zero-order valence-electron chi connectivity index (χ0n) is 31.9. The minimum absolute atomic E-state index is 0.417. The molecule has 0 radical (unpaired) electrons. The highest BCUT2D eigenvalue weighted by atomic mass is 79.9. The fourth-order valence-corrected chi connectivity index (χ4v) is 7.00. The summed E-state index contributed by atoms with van der Waals surface area (Å²) in [6, 6.07) is 42.0. The number of benzene rings is 6. The van der Waals surface area contributed by atoms with Crippen LogP contribution in [0.3, 0.4) is 0 Å². The molecule has 0 amide bonds. The number of methoxy groups -OCH3 is 2. The number of rotatable bonds is 8. The van der Waals surface area contributed by atoms with Gasteiger partial charge in [-0.05, 0) is 116 Å². The molecule has 0 fully saturated rings. The molecule has 6 aromatic carbocycles. The van der Waals surface area contributed by atoms with E-state index in [4.69, 9.17) is 44.1 Å². The van der Waals surface area contributed by atoms with Crippen molar-refractivity contribution in [3.8, 4) is 22.6 Å². The third-order valence-corrected chi connectivity index (χ3v) is 10.0. The molecule has 10 nitrogen and oxygen atoms in total. The number of hydrogen-bond acceptors (Lipinski definition) is 6. The summed E-state index contributed by atoms with van der Waals surface area (Å²) in [6.45, 7) is 16.0. The molecule has 0 aliphatic rings. The van der Waals surface area contributed by atoms with E-state index < -0.39 is 7.12 Å². The second kappa shape index (κ2) is 18.8. The van der Waals surface area contributed by atoms with Gasteiger partial charge in [-0.3, -0.25) is 0 Å². The van der Waals surface area contributed by atoms with Gasteiger partial charge >= 0.3 is 7.12 Å². The molecule has 0 saturated heterocycles. The largest absolute Gasteiger partial charge is 0.497 e. The van der Waals surface area contributed by atoms with E-state index in [1.807, 2.05) is 84.9 Å². The molecule has 8 rings (SSSR count). The predicted octanol–water partition coefficient (Wildman–Crippen LogP) is 9.46. The number of hydrogen-bond donors (Lipinski definition) is 4. The molecule has 0 aliphatic carbocycles. The van der Waals surface area contributed by atoms with Gasteiger partial charge in [0.1, 0.15) is 11.5 Å². The number of nitrogens with two attached hydrogens (primary N) is 2. The van der Waals surface area contributed by atoms with Gasteiger partial charge in [0.2, 0.25) is 0 Å². The van der Waals surface area contributed by atoms with Crippen molar-refractivity contribution >= 4 is 73.1 Å². The number of nitrogens with zero attached hydrogens (tertiary/aromatic N) is 4. The fourth-order valence-electron chi connectivity index (χ4n) is 6.44. The lowest BCUT2D eigenvalue weighted by atomic mass is 9.80. The van der Waals surface area contributed by atoms with E-state index in [-0.39, 0.29) is 0 Å². The molecule has 0 bridgehead atoms. The van der Waals surface area contributed by atoms with Crippen LogP contribution in [0, 0.1) is 13.1 Å². The van der Waals surface area contributed by atoms with Crippen molar-refractivity contribution in [3.63, 3.8) is 0 Å². The predicted molar refractivity (Wildman–Crippen MR) is 239 cm³/mol. The van der Waals surface area contributed by atoms with Crippen LogP contribution in [0.4, 0.5) is 22.7 Å². The number of ether oxygens (including phenoxy) is 2. The van der Waals surface area contributed by atoms with Crippen molar-refractivity contribution in [1.82, 2.24) is 9.13 Å². The molecule has 8 aromatic rings. The van der Waals surface area contributed by atoms with E-state index in [0.717, 1.165) is 67.7 Å². The summed E-state index contributed by atoms with van der Waals surface area (Å²) in [5, 5.41) is 19.4. The average Bonchev–Trinajstić information content (AvgIpc) is 3.76. The second-order valence-corrected chi connectivity index (χ2v) is 14.1. The summed E-state index contributed by atoms with van der Waals surface area (Å²) in [7, 11) is 1.91. The summed E-state index contributed by atoms with van der Waals surface area (Å²) < 4.78 is 15.8. The molecule has 12 heteroatoms. The maximum absolute atomic E-state index is 8.65. The Morgan fingerprint density at radius 1 is 0.621 bits per heavy atom. The highest BCUT2D eigenvalue weighted by molar-refractivity contribution is 9.10. The van der Waals surface area contributed by atoms with Gasteiger partial charge in [0.25, 0.3) is 0 Å². The average molecular weight is 832 g/mol. The molecular formula is C46H40BBrN6O4. The third-order valence-electron chi connectivity index (χ3n) is 9.37. The van der Waals surface area contributed by atoms with Gasteiger partial charge in [-0.2, -0.15) is 0 Å². The molecule has 0 atom stereocenters. The van der Waals surface area contributed by atoms with Crippen LogP contribution in [-0.4, -0.2) is 40.5 Å². The normalized spacial score (nSPS) is 10.4. The lowest BCUT2D eigenvalue weighted by Gasteiger charge is -2.07. The van der Waals surface area contributed by atoms with Crippen molar-refractivity contribution in [2.24, 2.45) is 0 Å². The molecule has 2 aromatic heterocycles. The van der Waals surface area contributed by atoms with Crippen LogP contribution < -0.4 is 26.4 Å². The highest BCUT2D eigenvalue weighted by Crippen LogP contribution is 2.35. The molecule has 288 valence electrons. The van der Waals surface area contributed by atoms with Gasteiger partial charge in [-0.15, -0.1) is 0 Å². The lowest BCUT2D eigenvalue weighted by molar-refractivity contribution is 0.414. The summed E-state index contributed by atoms with van der Waals surface area (Å²) in [4.78, 5) is 7.07. The molecule has 0 aliphatic heterocycles. The third kappa shape index (κ3) is 9.88. The van der Waals surface area contributed by atoms with Crippen LogP contribution in [0.2, 0.25) is 0 Å². The number of halogens is 1. The van der Waals surface area contributed by atoms with E-state index >= 15 is 0 Å². The van der Waals surface area contributed by atoms with E-state index in [9.17, 15) is 0 Å². The Hall–Kier alpha value is -6.96. The van der Waals surface area contributed by atoms with Gasteiger partial charge in [0.05, 0.1) is 27.4 Å². The van der Waals surface area contributed by atoms with Crippen LogP contribution in [0.1, 0.15) is 11.1 Å². The van der Waals surface area contributed by atoms with Gasteiger partial charge in [-0.25, -0.2) is 9.69 Å². The first-order valence-electron chi connectivity index (χ1n) is 18.1. The van der Waals surface area contributed by atoms with Gasteiger partial charge < -0.3 is 40.1 Å². The zero-order chi connectivity index (χ0) is 41.2. The molecule has 0 spiro atoms. The van der Waals surface area contributed by atoms with Gasteiger partial charge in [0, 0.05) is 63.3 Å². The van der Waals surface area contributed by atoms with Crippen molar-refractivity contribution < 1.29 is 19.5 Å². The Kier molecular flexibility index (Phi) is 13.2. The molecule has 0 unspecified atom stereocenters. The Morgan fingerprint density at radius 3 is 1.60 bits per heavy atom. The van der Waals surface area contributed by atoms with Gasteiger partial charge in [0.15, 0.2) is 11.4 Å². The molecule has 0 saturated carbocycles. The Morgan fingerprint density at radius 2 is 1.12 bits per heavy atom. The number of fused-ring (bicyclic) bond motifs is 2. The zero-order valence-corrected chi connectivity index (χ0v) is 33.5. The van der Waals surface area contributed by atoms with Gasteiger partial charge in [-0.1, -0.05) is 60.7 Å². The Bertz CT molecular complexity index is 2750. The highest BCUT2D eigenvalue weighted by Gasteiger charge is 2.13. The van der Waals surface area contributed by atoms with Crippen LogP contribution in [0.15, 0.2) is 150 Å². The number of nitrogen functional groups attached to an aromatic ring is 2. The topological polar surface area (TPSA) is 130 Å². The Balaban J connectivity index is 0.000000162. The monoisotopic (exact) mass is 830 g/mol. The quantitative estimate of drug-likeness (QED) is 0.0686.